The molecule has 176 valence electrons. The van der Waals surface area contributed by atoms with Crippen molar-refractivity contribution in [3.63, 3.8) is 0 Å². The number of ether oxygens (including phenoxy) is 2. The number of methoxy groups -OCH3 is 2. The lowest BCUT2D eigenvalue weighted by molar-refractivity contribution is 0.0603. The Morgan fingerprint density at radius 1 is 1.00 bits per heavy atom. The van der Waals surface area contributed by atoms with Crippen molar-refractivity contribution in [3.05, 3.63) is 72.6 Å². The molecule has 0 aliphatic heterocycles. The summed E-state index contributed by atoms with van der Waals surface area (Å²) in [5, 5.41) is 0.850. The number of rotatable bonds is 7. The van der Waals surface area contributed by atoms with Crippen molar-refractivity contribution in [2.75, 3.05) is 28.3 Å². The van der Waals surface area contributed by atoms with Crippen LogP contribution in [0.15, 0.2) is 67.0 Å². The molecule has 0 bridgehead atoms. The molecule has 0 spiro atoms. The maximum Gasteiger partial charge on any atom is 0.338 e. The predicted octanol–water partition coefficient (Wildman–Crippen LogP) is 5.88. The SMILES string of the molecule is COC(=O)c1cccc2c1c(-c1ccc(-c3cccc(OC)c3)cn1)cn2C(C(C)C)N(C)C. The van der Waals surface area contributed by atoms with E-state index >= 15 is 0 Å². The summed E-state index contributed by atoms with van der Waals surface area (Å²) in [4.78, 5) is 19.7. The van der Waals surface area contributed by atoms with Gasteiger partial charge in [-0.05, 0) is 55.9 Å². The lowest BCUT2D eigenvalue weighted by Gasteiger charge is -2.30. The highest BCUT2D eigenvalue weighted by molar-refractivity contribution is 6.10. The van der Waals surface area contributed by atoms with E-state index in [1.54, 1.807) is 7.11 Å². The second-order valence-electron chi connectivity index (χ2n) is 8.93. The van der Waals surface area contributed by atoms with E-state index < -0.39 is 0 Å². The zero-order valence-corrected chi connectivity index (χ0v) is 20.6. The molecule has 0 amide bonds. The average molecular weight is 458 g/mol. The fraction of sp³-hybridized carbons (Fsp3) is 0.286. The van der Waals surface area contributed by atoms with E-state index in [9.17, 15) is 4.79 Å². The van der Waals surface area contributed by atoms with Gasteiger partial charge in [-0.2, -0.15) is 0 Å². The first-order valence-electron chi connectivity index (χ1n) is 11.3. The van der Waals surface area contributed by atoms with Gasteiger partial charge < -0.3 is 14.0 Å². The standard InChI is InChI=1S/C28H31N3O3/c1-18(2)27(30(3)4)31-17-23(26-22(28(32)34-6)11-8-12-25(26)31)24-14-13-20(16-29-24)19-9-7-10-21(15-19)33-5/h7-18,27H,1-6H3. The Morgan fingerprint density at radius 2 is 1.76 bits per heavy atom. The summed E-state index contributed by atoms with van der Waals surface area (Å²) in [6.45, 7) is 4.39. The van der Waals surface area contributed by atoms with Crippen LogP contribution in [0.5, 0.6) is 5.75 Å². The molecule has 2 heterocycles. The Hall–Kier alpha value is -3.64. The van der Waals surface area contributed by atoms with E-state index in [-0.39, 0.29) is 12.1 Å². The number of esters is 1. The Balaban J connectivity index is 1.90. The minimum absolute atomic E-state index is 0.111. The molecule has 1 unspecified atom stereocenters. The Labute approximate surface area is 200 Å². The van der Waals surface area contributed by atoms with Crippen molar-refractivity contribution in [2.45, 2.75) is 20.0 Å². The second kappa shape index (κ2) is 9.69. The van der Waals surface area contributed by atoms with Gasteiger partial charge in [0.2, 0.25) is 0 Å². The van der Waals surface area contributed by atoms with Gasteiger partial charge in [0.1, 0.15) is 5.75 Å². The molecule has 0 aliphatic rings. The van der Waals surface area contributed by atoms with Gasteiger partial charge in [0.25, 0.3) is 0 Å². The van der Waals surface area contributed by atoms with Crippen LogP contribution in [0, 0.1) is 5.92 Å². The van der Waals surface area contributed by atoms with E-state index in [1.807, 2.05) is 54.7 Å². The van der Waals surface area contributed by atoms with Crippen molar-refractivity contribution in [1.82, 2.24) is 14.5 Å². The number of hydrogen-bond donors (Lipinski definition) is 0. The van der Waals surface area contributed by atoms with Gasteiger partial charge in [-0.15, -0.1) is 0 Å². The average Bonchev–Trinajstić information content (AvgIpc) is 3.22. The van der Waals surface area contributed by atoms with Gasteiger partial charge in [0, 0.05) is 28.9 Å². The van der Waals surface area contributed by atoms with Crippen molar-refractivity contribution >= 4 is 16.9 Å². The molecular formula is C28H31N3O3. The highest BCUT2D eigenvalue weighted by Gasteiger charge is 2.25. The molecule has 6 nitrogen and oxygen atoms in total. The van der Waals surface area contributed by atoms with Crippen molar-refractivity contribution in [1.29, 1.82) is 0 Å². The summed E-state index contributed by atoms with van der Waals surface area (Å²) < 4.78 is 12.7. The maximum atomic E-state index is 12.7. The van der Waals surface area contributed by atoms with Crippen LogP contribution in [-0.4, -0.2) is 48.7 Å². The van der Waals surface area contributed by atoms with E-state index in [0.717, 1.165) is 39.0 Å². The smallest absolute Gasteiger partial charge is 0.338 e. The molecule has 4 rings (SSSR count). The molecule has 34 heavy (non-hydrogen) atoms. The molecule has 4 aromatic rings. The highest BCUT2D eigenvalue weighted by Crippen LogP contribution is 2.37. The van der Waals surface area contributed by atoms with Gasteiger partial charge >= 0.3 is 5.97 Å². The molecule has 2 aromatic heterocycles. The van der Waals surface area contributed by atoms with E-state index in [2.05, 4.69) is 49.7 Å². The second-order valence-corrected chi connectivity index (χ2v) is 8.93. The third-order valence-corrected chi connectivity index (χ3v) is 6.12. The van der Waals surface area contributed by atoms with Crippen LogP contribution in [0.2, 0.25) is 0 Å². The van der Waals surface area contributed by atoms with Crippen LogP contribution in [0.25, 0.3) is 33.3 Å². The largest absolute Gasteiger partial charge is 0.497 e. The predicted molar refractivity (Wildman–Crippen MR) is 136 cm³/mol. The normalized spacial score (nSPS) is 12.4. The number of hydrogen-bond acceptors (Lipinski definition) is 5. The van der Waals surface area contributed by atoms with Crippen LogP contribution in [0.1, 0.15) is 30.4 Å². The molecule has 0 fully saturated rings. The highest BCUT2D eigenvalue weighted by atomic mass is 16.5. The molecule has 6 heteroatoms. The van der Waals surface area contributed by atoms with Gasteiger partial charge in [-0.25, -0.2) is 4.79 Å². The first kappa shape index (κ1) is 23.5. The Morgan fingerprint density at radius 3 is 2.38 bits per heavy atom. The van der Waals surface area contributed by atoms with Gasteiger partial charge in [-0.3, -0.25) is 9.88 Å². The number of fused-ring (bicyclic) bond motifs is 1. The van der Waals surface area contributed by atoms with Crippen LogP contribution in [0.3, 0.4) is 0 Å². The van der Waals surface area contributed by atoms with Crippen LogP contribution < -0.4 is 4.74 Å². The number of aromatic nitrogens is 2. The number of benzene rings is 2. The third kappa shape index (κ3) is 4.29. The summed E-state index contributed by atoms with van der Waals surface area (Å²) in [6, 6.07) is 17.7. The third-order valence-electron chi connectivity index (χ3n) is 6.12. The first-order valence-corrected chi connectivity index (χ1v) is 11.3. The van der Waals surface area contributed by atoms with E-state index in [0.29, 0.717) is 11.5 Å². The minimum Gasteiger partial charge on any atom is -0.497 e. The molecule has 0 N–H and O–H groups in total. The summed E-state index contributed by atoms with van der Waals surface area (Å²) >= 11 is 0. The maximum absolute atomic E-state index is 12.7. The molecular weight excluding hydrogens is 426 g/mol. The number of carbonyl (C=O) groups is 1. The molecule has 1 atom stereocenters. The van der Waals surface area contributed by atoms with Crippen LogP contribution in [-0.2, 0) is 4.74 Å². The lowest BCUT2D eigenvalue weighted by Crippen LogP contribution is -2.29. The summed E-state index contributed by atoms with van der Waals surface area (Å²) in [7, 11) is 7.21. The number of nitrogens with zero attached hydrogens (tertiary/aromatic N) is 3. The molecule has 2 aromatic carbocycles. The molecule has 0 saturated carbocycles. The van der Waals surface area contributed by atoms with Crippen molar-refractivity contribution in [3.8, 4) is 28.1 Å². The molecule has 0 saturated heterocycles. The monoisotopic (exact) mass is 457 g/mol. The van der Waals surface area contributed by atoms with E-state index in [4.69, 9.17) is 14.5 Å². The zero-order chi connectivity index (χ0) is 24.4. The topological polar surface area (TPSA) is 56.6 Å². The molecule has 0 aliphatic carbocycles. The minimum atomic E-state index is -0.358. The summed E-state index contributed by atoms with van der Waals surface area (Å²) in [5.74, 6) is 0.794. The fourth-order valence-corrected chi connectivity index (χ4v) is 4.70. The first-order chi connectivity index (χ1) is 16.3. The van der Waals surface area contributed by atoms with Crippen LogP contribution >= 0.6 is 0 Å². The zero-order valence-electron chi connectivity index (χ0n) is 20.6. The van der Waals surface area contributed by atoms with Crippen molar-refractivity contribution < 1.29 is 14.3 Å². The fourth-order valence-electron chi connectivity index (χ4n) is 4.70. The van der Waals surface area contributed by atoms with Crippen molar-refractivity contribution in [2.24, 2.45) is 5.92 Å². The van der Waals surface area contributed by atoms with Gasteiger partial charge in [0.15, 0.2) is 0 Å². The summed E-state index contributed by atoms with van der Waals surface area (Å²) in [5.41, 5.74) is 5.24. The van der Waals surface area contributed by atoms with Gasteiger partial charge in [-0.1, -0.05) is 38.1 Å². The van der Waals surface area contributed by atoms with Gasteiger partial charge in [0.05, 0.1) is 37.2 Å². The van der Waals surface area contributed by atoms with Crippen LogP contribution in [0.4, 0.5) is 0 Å². The Bertz CT molecular complexity index is 1300. The number of pyridine rings is 1. The number of carbonyl (C=O) groups excluding carboxylic acids is 1. The lowest BCUT2D eigenvalue weighted by atomic mass is 10.0. The molecule has 0 radical (unpaired) electrons. The quantitative estimate of drug-likeness (QED) is 0.324. The van der Waals surface area contributed by atoms with E-state index in [1.165, 1.54) is 7.11 Å². The Kier molecular flexibility index (Phi) is 6.70. The summed E-state index contributed by atoms with van der Waals surface area (Å²) in [6.07, 6.45) is 4.08.